The molecule has 0 aliphatic rings. The number of nitrogens with zero attached hydrogens (tertiary/aromatic N) is 1. The van der Waals surface area contributed by atoms with E-state index >= 15 is 0 Å². The summed E-state index contributed by atoms with van der Waals surface area (Å²) in [6.07, 6.45) is 1.10. The molecular weight excluding hydrogens is 305 g/mol. The summed E-state index contributed by atoms with van der Waals surface area (Å²) < 4.78 is 12.9. The highest BCUT2D eigenvalue weighted by atomic mass is 19.1. The molecule has 1 aromatic heterocycles. The van der Waals surface area contributed by atoms with Gasteiger partial charge in [0.15, 0.2) is 0 Å². The fraction of sp³-hybridized carbons (Fsp3) is 0.211. The molecule has 124 valence electrons. The molecule has 0 spiro atoms. The second kappa shape index (κ2) is 7.38. The van der Waals surface area contributed by atoms with Crippen molar-refractivity contribution in [2.45, 2.75) is 19.6 Å². The number of rotatable bonds is 6. The molecule has 0 amide bonds. The molecule has 1 unspecified atom stereocenters. The fourth-order valence-corrected chi connectivity index (χ4v) is 2.56. The maximum atomic E-state index is 12.9. The van der Waals surface area contributed by atoms with E-state index in [1.807, 2.05) is 0 Å². The van der Waals surface area contributed by atoms with E-state index in [2.05, 4.69) is 46.7 Å². The average Bonchev–Trinajstić information content (AvgIpc) is 3.04. The van der Waals surface area contributed by atoms with Crippen LogP contribution >= 0.6 is 0 Å². The molecule has 4 nitrogen and oxygen atoms in total. The molecule has 3 N–H and O–H groups in total. The predicted molar refractivity (Wildman–Crippen MR) is 91.8 cm³/mol. The van der Waals surface area contributed by atoms with Crippen LogP contribution in [-0.2, 0) is 6.54 Å². The van der Waals surface area contributed by atoms with Crippen LogP contribution in [0.4, 0.5) is 4.39 Å². The molecule has 1 heterocycles. The van der Waals surface area contributed by atoms with Crippen molar-refractivity contribution in [2.24, 2.45) is 0 Å². The number of halogens is 1. The number of aliphatic hydroxyl groups is 1. The largest absolute Gasteiger partial charge is 0.387 e. The van der Waals surface area contributed by atoms with Crippen LogP contribution in [0.1, 0.15) is 22.8 Å². The Hall–Kier alpha value is -2.50. The molecule has 0 fully saturated rings. The van der Waals surface area contributed by atoms with Crippen LogP contribution < -0.4 is 5.32 Å². The lowest BCUT2D eigenvalue weighted by atomic mass is 10.1. The van der Waals surface area contributed by atoms with Crippen molar-refractivity contribution in [1.29, 1.82) is 0 Å². The molecule has 0 aliphatic carbocycles. The highest BCUT2D eigenvalue weighted by Crippen LogP contribution is 2.21. The fourth-order valence-electron chi connectivity index (χ4n) is 2.56. The van der Waals surface area contributed by atoms with Crippen LogP contribution in [0.2, 0.25) is 0 Å². The van der Waals surface area contributed by atoms with Crippen LogP contribution in [0.25, 0.3) is 11.3 Å². The number of nitrogens with one attached hydrogen (secondary N) is 2. The van der Waals surface area contributed by atoms with Gasteiger partial charge in [-0.1, -0.05) is 42.0 Å². The molecule has 0 bridgehead atoms. The second-order valence-electron chi connectivity index (χ2n) is 5.83. The topological polar surface area (TPSA) is 60.9 Å². The van der Waals surface area contributed by atoms with E-state index in [4.69, 9.17) is 0 Å². The molecule has 0 aliphatic heterocycles. The minimum absolute atomic E-state index is 0.306. The van der Waals surface area contributed by atoms with Crippen LogP contribution in [0.15, 0.2) is 54.7 Å². The normalized spacial score (nSPS) is 12.3. The van der Waals surface area contributed by atoms with E-state index in [0.29, 0.717) is 18.7 Å². The third-order valence-corrected chi connectivity index (χ3v) is 3.97. The zero-order valence-corrected chi connectivity index (χ0v) is 13.5. The molecule has 2 aromatic carbocycles. The smallest absolute Gasteiger partial charge is 0.123 e. The van der Waals surface area contributed by atoms with E-state index in [1.54, 1.807) is 18.3 Å². The molecule has 3 rings (SSSR count). The first-order valence-electron chi connectivity index (χ1n) is 7.87. The lowest BCUT2D eigenvalue weighted by Crippen LogP contribution is -2.21. The molecule has 5 heteroatoms. The minimum Gasteiger partial charge on any atom is -0.387 e. The predicted octanol–water partition coefficient (Wildman–Crippen LogP) is 3.35. The second-order valence-corrected chi connectivity index (χ2v) is 5.83. The molecule has 1 atom stereocenters. The highest BCUT2D eigenvalue weighted by Gasteiger charge is 2.10. The number of hydrogen-bond donors (Lipinski definition) is 3. The van der Waals surface area contributed by atoms with E-state index in [0.717, 1.165) is 16.8 Å². The van der Waals surface area contributed by atoms with Gasteiger partial charge in [0.05, 0.1) is 18.0 Å². The van der Waals surface area contributed by atoms with Gasteiger partial charge in [-0.05, 0) is 30.2 Å². The first-order valence-corrected chi connectivity index (χ1v) is 7.87. The SMILES string of the molecule is Cc1ccc(-c2[nH]ncc2CNCC(O)c2ccc(F)cc2)cc1. The Morgan fingerprint density at radius 1 is 1.12 bits per heavy atom. The van der Waals surface area contributed by atoms with Gasteiger partial charge in [0.25, 0.3) is 0 Å². The van der Waals surface area contributed by atoms with Crippen LogP contribution in [0.3, 0.4) is 0 Å². The van der Waals surface area contributed by atoms with Crippen LogP contribution in [-0.4, -0.2) is 21.8 Å². The maximum absolute atomic E-state index is 12.9. The van der Waals surface area contributed by atoms with Gasteiger partial charge in [0.2, 0.25) is 0 Å². The van der Waals surface area contributed by atoms with Crippen molar-refractivity contribution in [2.75, 3.05) is 6.54 Å². The van der Waals surface area contributed by atoms with Crippen molar-refractivity contribution in [3.05, 3.63) is 77.2 Å². The Kier molecular flexibility index (Phi) is 5.03. The maximum Gasteiger partial charge on any atom is 0.123 e. The number of aromatic amines is 1. The quantitative estimate of drug-likeness (QED) is 0.651. The van der Waals surface area contributed by atoms with Gasteiger partial charge >= 0.3 is 0 Å². The van der Waals surface area contributed by atoms with Gasteiger partial charge in [-0.3, -0.25) is 5.10 Å². The summed E-state index contributed by atoms with van der Waals surface area (Å²) in [4.78, 5) is 0. The Bertz CT molecular complexity index is 781. The number of hydrogen-bond acceptors (Lipinski definition) is 3. The number of benzene rings is 2. The van der Waals surface area contributed by atoms with Crippen molar-refractivity contribution in [1.82, 2.24) is 15.5 Å². The van der Waals surface area contributed by atoms with Crippen molar-refractivity contribution in [3.63, 3.8) is 0 Å². The molecule has 3 aromatic rings. The van der Waals surface area contributed by atoms with Crippen molar-refractivity contribution < 1.29 is 9.50 Å². The molecule has 0 saturated carbocycles. The zero-order chi connectivity index (χ0) is 16.9. The van der Waals surface area contributed by atoms with Crippen molar-refractivity contribution in [3.8, 4) is 11.3 Å². The van der Waals surface area contributed by atoms with E-state index in [9.17, 15) is 9.50 Å². The number of aliphatic hydroxyl groups excluding tert-OH is 1. The van der Waals surface area contributed by atoms with Gasteiger partial charge < -0.3 is 10.4 Å². The van der Waals surface area contributed by atoms with Gasteiger partial charge in [0.1, 0.15) is 5.82 Å². The lowest BCUT2D eigenvalue weighted by molar-refractivity contribution is 0.174. The Balaban J connectivity index is 1.60. The van der Waals surface area contributed by atoms with Crippen LogP contribution in [0.5, 0.6) is 0 Å². The minimum atomic E-state index is -0.680. The summed E-state index contributed by atoms with van der Waals surface area (Å²) in [5, 5.41) is 20.5. The zero-order valence-electron chi connectivity index (χ0n) is 13.5. The lowest BCUT2D eigenvalue weighted by Gasteiger charge is -2.12. The average molecular weight is 325 g/mol. The summed E-state index contributed by atoms with van der Waals surface area (Å²) in [5.41, 5.74) is 4.98. The van der Waals surface area contributed by atoms with Gasteiger partial charge in [-0.15, -0.1) is 0 Å². The summed E-state index contributed by atoms with van der Waals surface area (Å²) >= 11 is 0. The van der Waals surface area contributed by atoms with Gasteiger partial charge in [-0.2, -0.15) is 5.10 Å². The number of H-pyrrole nitrogens is 1. The molecular formula is C19H20FN3O. The summed E-state index contributed by atoms with van der Waals surface area (Å²) in [6, 6.07) is 14.1. The Morgan fingerprint density at radius 2 is 1.83 bits per heavy atom. The van der Waals surface area contributed by atoms with Crippen molar-refractivity contribution >= 4 is 0 Å². The number of aryl methyl sites for hydroxylation is 1. The summed E-state index contributed by atoms with van der Waals surface area (Å²) in [7, 11) is 0. The standard InChI is InChI=1S/C19H20FN3O/c1-13-2-4-15(5-3-13)19-16(11-22-23-19)10-21-12-18(24)14-6-8-17(20)9-7-14/h2-9,11,18,21,24H,10,12H2,1H3,(H,22,23). The summed E-state index contributed by atoms with van der Waals surface area (Å²) in [5.74, 6) is -0.306. The monoisotopic (exact) mass is 325 g/mol. The first kappa shape index (κ1) is 16.4. The van der Waals surface area contributed by atoms with E-state index in [-0.39, 0.29) is 5.82 Å². The Labute approximate surface area is 140 Å². The third kappa shape index (κ3) is 3.88. The molecule has 0 saturated heterocycles. The van der Waals surface area contributed by atoms with Crippen LogP contribution in [0, 0.1) is 12.7 Å². The molecule has 0 radical (unpaired) electrons. The van der Waals surface area contributed by atoms with Gasteiger partial charge in [0, 0.05) is 18.7 Å². The molecule has 24 heavy (non-hydrogen) atoms. The Morgan fingerprint density at radius 3 is 2.54 bits per heavy atom. The summed E-state index contributed by atoms with van der Waals surface area (Å²) in [6.45, 7) is 3.01. The third-order valence-electron chi connectivity index (χ3n) is 3.97. The highest BCUT2D eigenvalue weighted by molar-refractivity contribution is 5.62. The van der Waals surface area contributed by atoms with E-state index < -0.39 is 6.10 Å². The first-order chi connectivity index (χ1) is 11.6. The van der Waals surface area contributed by atoms with Gasteiger partial charge in [-0.25, -0.2) is 4.39 Å². The van der Waals surface area contributed by atoms with E-state index in [1.165, 1.54) is 17.7 Å². The number of aromatic nitrogens is 2.